The molecular weight excluding hydrogens is 438 g/mol. The number of carbonyl (C=O) groups is 1. The zero-order valence-corrected chi connectivity index (χ0v) is 19.8. The summed E-state index contributed by atoms with van der Waals surface area (Å²) in [7, 11) is -0.139. The van der Waals surface area contributed by atoms with E-state index in [0.29, 0.717) is 32.3 Å². The highest BCUT2D eigenvalue weighted by atomic mass is 32.2. The van der Waals surface area contributed by atoms with Gasteiger partial charge in [0.1, 0.15) is 0 Å². The molecule has 1 aromatic heterocycles. The van der Waals surface area contributed by atoms with Gasteiger partial charge in [0.15, 0.2) is 0 Å². The molecule has 0 spiro atoms. The van der Waals surface area contributed by atoms with Crippen molar-refractivity contribution in [3.8, 4) is 0 Å². The Bertz CT molecular complexity index is 1230. The number of methoxy groups -OCH3 is 1. The van der Waals surface area contributed by atoms with Crippen molar-refractivity contribution in [1.29, 1.82) is 0 Å². The highest BCUT2D eigenvalue weighted by molar-refractivity contribution is 7.89. The Kier molecular flexibility index (Phi) is 6.61. The summed E-state index contributed by atoms with van der Waals surface area (Å²) >= 11 is 0. The van der Waals surface area contributed by atoms with Gasteiger partial charge in [0.05, 0.1) is 16.9 Å². The maximum absolute atomic E-state index is 13.1. The average molecular weight is 470 g/mol. The van der Waals surface area contributed by atoms with Crippen molar-refractivity contribution in [2.24, 2.45) is 18.2 Å². The van der Waals surface area contributed by atoms with Crippen LogP contribution in [0.2, 0.25) is 0 Å². The third-order valence-electron chi connectivity index (χ3n) is 7.06. The lowest BCUT2D eigenvalue weighted by Gasteiger charge is -2.43. The van der Waals surface area contributed by atoms with E-state index in [1.165, 1.54) is 0 Å². The summed E-state index contributed by atoms with van der Waals surface area (Å²) in [5, 5.41) is 0.877. The Morgan fingerprint density at radius 2 is 1.88 bits per heavy atom. The number of rotatable bonds is 8. The van der Waals surface area contributed by atoms with Crippen LogP contribution in [0.4, 0.5) is 0 Å². The first-order valence-electron chi connectivity index (χ1n) is 11.2. The van der Waals surface area contributed by atoms with Crippen LogP contribution in [0.3, 0.4) is 0 Å². The van der Waals surface area contributed by atoms with Gasteiger partial charge in [0.25, 0.3) is 0 Å². The fraction of sp³-hybridized carbons (Fsp3) is 0.400. The van der Waals surface area contributed by atoms with Gasteiger partial charge in [-0.15, -0.1) is 0 Å². The molecule has 0 aliphatic heterocycles. The largest absolute Gasteiger partial charge is 0.384 e. The Morgan fingerprint density at radius 1 is 1.18 bits per heavy atom. The lowest BCUT2D eigenvalue weighted by molar-refractivity contribution is -0.132. The van der Waals surface area contributed by atoms with Crippen LogP contribution in [0.25, 0.3) is 10.9 Å². The number of ether oxygens (including phenoxy) is 1. The van der Waals surface area contributed by atoms with Crippen molar-refractivity contribution >= 4 is 26.8 Å². The number of fused-ring (bicyclic) bond motifs is 1. The first-order valence-corrected chi connectivity index (χ1v) is 12.7. The molecule has 0 unspecified atom stereocenters. The van der Waals surface area contributed by atoms with Gasteiger partial charge in [-0.25, -0.2) is 13.1 Å². The molecule has 1 heterocycles. The summed E-state index contributed by atoms with van der Waals surface area (Å²) in [5.74, 6) is -0.538. The Labute approximate surface area is 195 Å². The molecule has 0 radical (unpaired) electrons. The van der Waals surface area contributed by atoms with E-state index < -0.39 is 15.4 Å². The zero-order chi connectivity index (χ0) is 23.6. The van der Waals surface area contributed by atoms with Crippen LogP contribution in [0, 0.1) is 5.41 Å². The van der Waals surface area contributed by atoms with Gasteiger partial charge in [0.2, 0.25) is 15.9 Å². The number of benzene rings is 2. The molecule has 176 valence electrons. The van der Waals surface area contributed by atoms with Crippen LogP contribution >= 0.6 is 0 Å². The van der Waals surface area contributed by atoms with E-state index in [0.717, 1.165) is 16.5 Å². The molecule has 1 fully saturated rings. The first kappa shape index (κ1) is 23.5. The highest BCUT2D eigenvalue weighted by Gasteiger charge is 2.47. The van der Waals surface area contributed by atoms with Crippen molar-refractivity contribution in [2.45, 2.75) is 42.5 Å². The third kappa shape index (κ3) is 4.55. The van der Waals surface area contributed by atoms with E-state index in [2.05, 4.69) is 4.72 Å². The normalized spacial score (nSPS) is 22.3. The monoisotopic (exact) mass is 469 g/mol. The number of primary amides is 1. The standard InChI is InChI=1S/C25H31N3O4S/c1-28-15-12-19-16-21(8-9-23(19)28)33(30,31)27-20-10-13-25(14-11-20,24(26)29)22(17-32-2)18-6-4-3-5-7-18/h3-9,12,15-16,20,22,27H,10-11,13-14,17H2,1-2H3,(H2,26,29)/t20?,22-,25?/m0/s1. The molecule has 4 rings (SSSR count). The number of aromatic nitrogens is 1. The molecule has 0 saturated heterocycles. The minimum Gasteiger partial charge on any atom is -0.384 e. The fourth-order valence-electron chi connectivity index (χ4n) is 5.16. The van der Waals surface area contributed by atoms with Crippen LogP contribution < -0.4 is 10.5 Å². The van der Waals surface area contributed by atoms with E-state index in [4.69, 9.17) is 10.5 Å². The van der Waals surface area contributed by atoms with Crippen molar-refractivity contribution < 1.29 is 17.9 Å². The second kappa shape index (κ2) is 9.29. The minimum absolute atomic E-state index is 0.181. The number of aryl methyl sites for hydroxylation is 1. The van der Waals surface area contributed by atoms with Crippen LogP contribution in [-0.4, -0.2) is 38.7 Å². The first-order chi connectivity index (χ1) is 15.8. The maximum Gasteiger partial charge on any atom is 0.240 e. The van der Waals surface area contributed by atoms with Crippen LogP contribution in [0.15, 0.2) is 65.7 Å². The summed E-state index contributed by atoms with van der Waals surface area (Å²) in [4.78, 5) is 13.0. The molecule has 0 bridgehead atoms. The molecule has 1 amide bonds. The van der Waals surface area contributed by atoms with Crippen molar-refractivity contribution in [1.82, 2.24) is 9.29 Å². The van der Waals surface area contributed by atoms with Gasteiger partial charge in [-0.2, -0.15) is 0 Å². The molecule has 7 nitrogen and oxygen atoms in total. The Hall–Kier alpha value is -2.68. The van der Waals surface area contributed by atoms with Crippen molar-refractivity contribution in [3.63, 3.8) is 0 Å². The van der Waals surface area contributed by atoms with Crippen molar-refractivity contribution in [3.05, 3.63) is 66.4 Å². The van der Waals surface area contributed by atoms with Crippen LogP contribution in [0.1, 0.15) is 37.2 Å². The predicted octanol–water partition coefficient (Wildman–Crippen LogP) is 3.30. The number of nitrogens with two attached hydrogens (primary N) is 1. The van der Waals surface area contributed by atoms with E-state index in [1.807, 2.05) is 60.3 Å². The van der Waals surface area contributed by atoms with Gasteiger partial charge in [0, 0.05) is 43.2 Å². The van der Waals surface area contributed by atoms with E-state index in [-0.39, 0.29) is 22.8 Å². The van der Waals surface area contributed by atoms with Crippen molar-refractivity contribution in [2.75, 3.05) is 13.7 Å². The van der Waals surface area contributed by atoms with Gasteiger partial charge in [-0.05, 0) is 55.5 Å². The number of hydrogen-bond acceptors (Lipinski definition) is 4. The molecule has 1 saturated carbocycles. The second-order valence-corrected chi connectivity index (χ2v) is 10.7. The molecule has 3 aromatic rings. The van der Waals surface area contributed by atoms with E-state index in [1.54, 1.807) is 19.2 Å². The van der Waals surface area contributed by atoms with Gasteiger partial charge >= 0.3 is 0 Å². The van der Waals surface area contributed by atoms with Crippen LogP contribution in [-0.2, 0) is 26.6 Å². The molecule has 33 heavy (non-hydrogen) atoms. The smallest absolute Gasteiger partial charge is 0.240 e. The topological polar surface area (TPSA) is 103 Å². The summed E-state index contributed by atoms with van der Waals surface area (Å²) < 4.78 is 36.4. The summed E-state index contributed by atoms with van der Waals surface area (Å²) in [5.41, 5.74) is 7.16. The highest BCUT2D eigenvalue weighted by Crippen LogP contribution is 2.47. The number of carbonyl (C=O) groups excluding carboxylic acids is 1. The fourth-order valence-corrected chi connectivity index (χ4v) is 6.50. The van der Waals surface area contributed by atoms with Gasteiger partial charge in [-0.3, -0.25) is 4.79 Å². The number of nitrogens with one attached hydrogen (secondary N) is 1. The van der Waals surface area contributed by atoms with Gasteiger partial charge in [-0.1, -0.05) is 30.3 Å². The van der Waals surface area contributed by atoms with E-state index >= 15 is 0 Å². The van der Waals surface area contributed by atoms with Crippen LogP contribution in [0.5, 0.6) is 0 Å². The summed E-state index contributed by atoms with van der Waals surface area (Å²) in [6, 6.07) is 16.6. The zero-order valence-electron chi connectivity index (χ0n) is 19.0. The summed E-state index contributed by atoms with van der Waals surface area (Å²) in [6.07, 6.45) is 3.96. The quantitative estimate of drug-likeness (QED) is 0.528. The molecule has 1 aliphatic carbocycles. The van der Waals surface area contributed by atoms with E-state index in [9.17, 15) is 13.2 Å². The molecule has 1 aliphatic rings. The minimum atomic E-state index is -3.68. The molecule has 3 N–H and O–H groups in total. The number of sulfonamides is 1. The lowest BCUT2D eigenvalue weighted by Crippen LogP contribution is -2.49. The molecule has 8 heteroatoms. The SMILES string of the molecule is COC[C@@H](c1ccccc1)C1(C(N)=O)CCC(NS(=O)(=O)c2ccc3c(ccn3C)c2)CC1. The van der Waals surface area contributed by atoms with Gasteiger partial charge < -0.3 is 15.0 Å². The Balaban J connectivity index is 1.52. The third-order valence-corrected chi connectivity index (χ3v) is 8.58. The predicted molar refractivity (Wildman–Crippen MR) is 128 cm³/mol. The second-order valence-electron chi connectivity index (χ2n) is 8.98. The molecule has 1 atom stereocenters. The maximum atomic E-state index is 13.1. The molecular formula is C25H31N3O4S. The summed E-state index contributed by atoms with van der Waals surface area (Å²) in [6.45, 7) is 0.375. The number of amides is 1. The number of hydrogen-bond donors (Lipinski definition) is 2. The lowest BCUT2D eigenvalue weighted by atomic mass is 9.62. The molecule has 2 aromatic carbocycles. The average Bonchev–Trinajstić information content (AvgIpc) is 3.18. The Morgan fingerprint density at radius 3 is 2.52 bits per heavy atom. The number of nitrogens with zero attached hydrogens (tertiary/aromatic N) is 1.